The minimum Gasteiger partial charge on any atom is -0.497 e. The molecule has 6 nitrogen and oxygen atoms in total. The van der Waals surface area contributed by atoms with Crippen LogP contribution in [0.3, 0.4) is 0 Å². The van der Waals surface area contributed by atoms with E-state index >= 15 is 0 Å². The van der Waals surface area contributed by atoms with E-state index in [0.29, 0.717) is 11.4 Å². The SMILES string of the molecule is COc1ccc(NC(=O)[C@@H](C)OC(=O)c2csc(-c3cccs3)n2)cc1. The zero-order valence-corrected chi connectivity index (χ0v) is 15.7. The first-order valence-electron chi connectivity index (χ1n) is 7.72. The summed E-state index contributed by atoms with van der Waals surface area (Å²) in [5, 5.41) is 7.02. The monoisotopic (exact) mass is 388 g/mol. The number of carbonyl (C=O) groups is 2. The highest BCUT2D eigenvalue weighted by atomic mass is 32.1. The second kappa shape index (κ2) is 8.11. The van der Waals surface area contributed by atoms with Crippen LogP contribution in [-0.4, -0.2) is 30.1 Å². The third kappa shape index (κ3) is 4.27. The van der Waals surface area contributed by atoms with Crippen LogP contribution in [0.2, 0.25) is 0 Å². The Morgan fingerprint density at radius 2 is 1.92 bits per heavy atom. The summed E-state index contributed by atoms with van der Waals surface area (Å²) in [4.78, 5) is 29.7. The topological polar surface area (TPSA) is 77.5 Å². The Kier molecular flexibility index (Phi) is 5.65. The van der Waals surface area contributed by atoms with Crippen LogP contribution in [-0.2, 0) is 9.53 Å². The number of thiophene rings is 1. The number of anilines is 1. The summed E-state index contributed by atoms with van der Waals surface area (Å²) in [6.45, 7) is 1.52. The molecule has 134 valence electrons. The number of thiazole rings is 1. The smallest absolute Gasteiger partial charge is 0.358 e. The minimum absolute atomic E-state index is 0.197. The number of nitrogens with one attached hydrogen (secondary N) is 1. The minimum atomic E-state index is -0.948. The van der Waals surface area contributed by atoms with E-state index in [-0.39, 0.29) is 5.69 Å². The highest BCUT2D eigenvalue weighted by Crippen LogP contribution is 2.28. The molecular formula is C18H16N2O4S2. The third-order valence-corrected chi connectivity index (χ3v) is 5.34. The number of ether oxygens (including phenoxy) is 2. The van der Waals surface area contributed by atoms with Crippen molar-refractivity contribution >= 4 is 40.2 Å². The van der Waals surface area contributed by atoms with Crippen LogP contribution in [0.4, 0.5) is 5.69 Å². The first-order chi connectivity index (χ1) is 12.6. The number of aromatic nitrogens is 1. The van der Waals surface area contributed by atoms with Crippen molar-refractivity contribution in [3.63, 3.8) is 0 Å². The number of benzene rings is 1. The zero-order valence-electron chi connectivity index (χ0n) is 14.1. The van der Waals surface area contributed by atoms with Gasteiger partial charge >= 0.3 is 5.97 Å². The Balaban J connectivity index is 1.58. The van der Waals surface area contributed by atoms with Crippen LogP contribution in [0.25, 0.3) is 9.88 Å². The van der Waals surface area contributed by atoms with Crippen LogP contribution >= 0.6 is 22.7 Å². The largest absolute Gasteiger partial charge is 0.497 e. The molecule has 1 amide bonds. The molecule has 26 heavy (non-hydrogen) atoms. The van der Waals surface area contributed by atoms with Gasteiger partial charge in [-0.1, -0.05) is 6.07 Å². The highest BCUT2D eigenvalue weighted by Gasteiger charge is 2.21. The Bertz CT molecular complexity index is 888. The number of carbonyl (C=O) groups excluding carboxylic acids is 2. The molecule has 1 N–H and O–H groups in total. The van der Waals surface area contributed by atoms with Crippen LogP contribution < -0.4 is 10.1 Å². The number of amides is 1. The Labute approximate surface area is 158 Å². The summed E-state index contributed by atoms with van der Waals surface area (Å²) in [7, 11) is 1.57. The third-order valence-electron chi connectivity index (χ3n) is 3.46. The Hall–Kier alpha value is -2.71. The highest BCUT2D eigenvalue weighted by molar-refractivity contribution is 7.20. The Morgan fingerprint density at radius 3 is 2.58 bits per heavy atom. The summed E-state index contributed by atoms with van der Waals surface area (Å²) in [6, 6.07) is 10.7. The molecule has 0 fully saturated rings. The second-order valence-corrected chi connectivity index (χ2v) is 7.09. The Morgan fingerprint density at radius 1 is 1.15 bits per heavy atom. The van der Waals surface area contributed by atoms with Gasteiger partial charge in [-0.15, -0.1) is 22.7 Å². The lowest BCUT2D eigenvalue weighted by atomic mass is 10.3. The standard InChI is InChI=1S/C18H16N2O4S2/c1-11(16(21)19-12-5-7-13(23-2)8-6-12)24-18(22)14-10-26-17(20-14)15-4-3-9-25-15/h3-11H,1-2H3,(H,19,21)/t11-/m1/s1. The van der Waals surface area contributed by atoms with Crippen molar-refractivity contribution in [2.24, 2.45) is 0 Å². The molecule has 1 aromatic carbocycles. The molecule has 0 aliphatic rings. The van der Waals surface area contributed by atoms with Crippen molar-refractivity contribution in [1.29, 1.82) is 0 Å². The summed E-state index contributed by atoms with van der Waals surface area (Å²) >= 11 is 2.91. The molecule has 3 aromatic rings. The second-order valence-electron chi connectivity index (χ2n) is 5.28. The number of rotatable bonds is 6. The zero-order chi connectivity index (χ0) is 18.5. The van der Waals surface area contributed by atoms with Gasteiger partial charge in [-0.2, -0.15) is 0 Å². The quantitative estimate of drug-likeness (QED) is 0.644. The van der Waals surface area contributed by atoms with E-state index in [0.717, 1.165) is 9.88 Å². The fourth-order valence-electron chi connectivity index (χ4n) is 2.07. The van der Waals surface area contributed by atoms with Crippen LogP contribution in [0.1, 0.15) is 17.4 Å². The molecule has 0 radical (unpaired) electrons. The average Bonchev–Trinajstić information content (AvgIpc) is 3.33. The van der Waals surface area contributed by atoms with Crippen LogP contribution in [0.15, 0.2) is 47.2 Å². The van der Waals surface area contributed by atoms with E-state index < -0.39 is 18.0 Å². The fraction of sp³-hybridized carbons (Fsp3) is 0.167. The van der Waals surface area contributed by atoms with Crippen molar-refractivity contribution in [2.45, 2.75) is 13.0 Å². The van der Waals surface area contributed by atoms with E-state index in [2.05, 4.69) is 10.3 Å². The molecule has 0 saturated heterocycles. The van der Waals surface area contributed by atoms with Gasteiger partial charge in [0.25, 0.3) is 5.91 Å². The molecule has 3 rings (SSSR count). The van der Waals surface area contributed by atoms with E-state index in [4.69, 9.17) is 9.47 Å². The van der Waals surface area contributed by atoms with Gasteiger partial charge < -0.3 is 14.8 Å². The molecule has 0 aliphatic carbocycles. The van der Waals surface area contributed by atoms with Crippen molar-refractivity contribution in [3.05, 3.63) is 52.9 Å². The predicted molar refractivity (Wildman–Crippen MR) is 102 cm³/mol. The van der Waals surface area contributed by atoms with Gasteiger partial charge in [0, 0.05) is 11.1 Å². The first kappa shape index (κ1) is 18.1. The molecule has 2 aromatic heterocycles. The van der Waals surface area contributed by atoms with Gasteiger partial charge in [0.1, 0.15) is 10.8 Å². The van der Waals surface area contributed by atoms with Gasteiger partial charge in [0.2, 0.25) is 0 Å². The summed E-state index contributed by atoms with van der Waals surface area (Å²) < 4.78 is 10.3. The fourth-order valence-corrected chi connectivity index (χ4v) is 3.68. The molecule has 2 heterocycles. The maximum absolute atomic E-state index is 12.2. The average molecular weight is 388 g/mol. The van der Waals surface area contributed by atoms with Crippen molar-refractivity contribution in [1.82, 2.24) is 4.98 Å². The number of nitrogens with zero attached hydrogens (tertiary/aromatic N) is 1. The molecule has 0 saturated carbocycles. The molecular weight excluding hydrogens is 372 g/mol. The summed E-state index contributed by atoms with van der Waals surface area (Å²) in [6.07, 6.45) is -0.948. The van der Waals surface area contributed by atoms with Gasteiger partial charge in [-0.05, 0) is 42.6 Å². The molecule has 0 bridgehead atoms. The lowest BCUT2D eigenvalue weighted by Gasteiger charge is -2.13. The molecule has 0 spiro atoms. The first-order valence-corrected chi connectivity index (χ1v) is 9.48. The van der Waals surface area contributed by atoms with Gasteiger partial charge in [-0.3, -0.25) is 4.79 Å². The number of hydrogen-bond acceptors (Lipinski definition) is 7. The number of hydrogen-bond donors (Lipinski definition) is 1. The predicted octanol–water partition coefficient (Wildman–Crippen LogP) is 4.06. The normalized spacial score (nSPS) is 11.6. The van der Waals surface area contributed by atoms with Gasteiger partial charge in [0.05, 0.1) is 12.0 Å². The van der Waals surface area contributed by atoms with Gasteiger partial charge in [-0.25, -0.2) is 9.78 Å². The molecule has 0 unspecified atom stereocenters. The lowest BCUT2D eigenvalue weighted by molar-refractivity contribution is -0.123. The summed E-state index contributed by atoms with van der Waals surface area (Å²) in [5.41, 5.74) is 0.787. The molecule has 0 aliphatic heterocycles. The van der Waals surface area contributed by atoms with E-state index in [1.807, 2.05) is 17.5 Å². The van der Waals surface area contributed by atoms with Crippen molar-refractivity contribution in [2.75, 3.05) is 12.4 Å². The van der Waals surface area contributed by atoms with Crippen LogP contribution in [0.5, 0.6) is 5.75 Å². The van der Waals surface area contributed by atoms with Crippen LogP contribution in [0, 0.1) is 0 Å². The molecule has 1 atom stereocenters. The van der Waals surface area contributed by atoms with E-state index in [9.17, 15) is 9.59 Å². The number of esters is 1. The van der Waals surface area contributed by atoms with Gasteiger partial charge in [0.15, 0.2) is 11.8 Å². The van der Waals surface area contributed by atoms with E-state index in [1.165, 1.54) is 18.3 Å². The molecule has 8 heteroatoms. The van der Waals surface area contributed by atoms with Crippen molar-refractivity contribution < 1.29 is 19.1 Å². The van der Waals surface area contributed by atoms with Crippen molar-refractivity contribution in [3.8, 4) is 15.6 Å². The number of methoxy groups -OCH3 is 1. The maximum atomic E-state index is 12.2. The maximum Gasteiger partial charge on any atom is 0.358 e. The summed E-state index contributed by atoms with van der Waals surface area (Å²) in [5.74, 6) is -0.355. The lowest BCUT2D eigenvalue weighted by Crippen LogP contribution is -2.30. The van der Waals surface area contributed by atoms with E-state index in [1.54, 1.807) is 48.1 Å².